The topological polar surface area (TPSA) is 97.1 Å². The number of hydrogen-bond acceptors (Lipinski definition) is 6. The molecule has 0 bridgehead atoms. The first-order valence-electron chi connectivity index (χ1n) is 7.29. The predicted octanol–water partition coefficient (Wildman–Crippen LogP) is 1.89. The van der Waals surface area contributed by atoms with E-state index in [9.17, 15) is 9.59 Å². The molecule has 1 fully saturated rings. The molecule has 1 heterocycles. The fourth-order valence-electron chi connectivity index (χ4n) is 1.85. The SMILES string of the molecule is C[C@@H](Sc1nnc(C2CC2)o1)C(=O)NNC(=O)c1ccccc1. The molecule has 0 saturated heterocycles. The Hall–Kier alpha value is -2.35. The van der Waals surface area contributed by atoms with Crippen molar-refractivity contribution < 1.29 is 14.0 Å². The molecule has 2 aromatic rings. The number of nitrogens with one attached hydrogen (secondary N) is 2. The van der Waals surface area contributed by atoms with Crippen LogP contribution >= 0.6 is 11.8 Å². The van der Waals surface area contributed by atoms with Gasteiger partial charge in [-0.2, -0.15) is 0 Å². The van der Waals surface area contributed by atoms with Crippen LogP contribution in [0, 0.1) is 0 Å². The van der Waals surface area contributed by atoms with Gasteiger partial charge in [-0.1, -0.05) is 30.0 Å². The molecule has 23 heavy (non-hydrogen) atoms. The van der Waals surface area contributed by atoms with Gasteiger partial charge in [0.25, 0.3) is 17.0 Å². The maximum absolute atomic E-state index is 12.0. The molecule has 1 saturated carbocycles. The van der Waals surface area contributed by atoms with Crippen molar-refractivity contribution in [1.82, 2.24) is 21.0 Å². The molecule has 0 aliphatic heterocycles. The van der Waals surface area contributed by atoms with E-state index in [1.807, 2.05) is 6.07 Å². The summed E-state index contributed by atoms with van der Waals surface area (Å²) in [5.41, 5.74) is 5.25. The van der Waals surface area contributed by atoms with Gasteiger partial charge < -0.3 is 4.42 Å². The van der Waals surface area contributed by atoms with Crippen molar-refractivity contribution in [3.8, 4) is 0 Å². The van der Waals surface area contributed by atoms with Gasteiger partial charge in [-0.15, -0.1) is 10.2 Å². The molecule has 3 rings (SSSR count). The zero-order valence-corrected chi connectivity index (χ0v) is 13.3. The van der Waals surface area contributed by atoms with Gasteiger partial charge in [0, 0.05) is 11.5 Å². The second-order valence-electron chi connectivity index (χ2n) is 5.25. The van der Waals surface area contributed by atoms with E-state index in [0.717, 1.165) is 24.6 Å². The van der Waals surface area contributed by atoms with Gasteiger partial charge in [0.05, 0.1) is 5.25 Å². The van der Waals surface area contributed by atoms with Crippen LogP contribution in [0.5, 0.6) is 0 Å². The average Bonchev–Trinajstić information content (AvgIpc) is 3.33. The summed E-state index contributed by atoms with van der Waals surface area (Å²) in [5, 5.41) is 7.78. The molecule has 1 aromatic heterocycles. The summed E-state index contributed by atoms with van der Waals surface area (Å²) in [6.07, 6.45) is 2.15. The van der Waals surface area contributed by atoms with Crippen LogP contribution in [-0.2, 0) is 4.79 Å². The van der Waals surface area contributed by atoms with Crippen molar-refractivity contribution in [2.24, 2.45) is 0 Å². The van der Waals surface area contributed by atoms with Crippen molar-refractivity contribution >= 4 is 23.6 Å². The van der Waals surface area contributed by atoms with Crippen molar-refractivity contribution in [2.75, 3.05) is 0 Å². The number of nitrogens with zero attached hydrogens (tertiary/aromatic N) is 2. The molecule has 1 atom stereocenters. The van der Waals surface area contributed by atoms with Gasteiger partial charge in [0.15, 0.2) is 0 Å². The lowest BCUT2D eigenvalue weighted by molar-refractivity contribution is -0.121. The van der Waals surface area contributed by atoms with E-state index in [1.165, 1.54) is 0 Å². The lowest BCUT2D eigenvalue weighted by atomic mass is 10.2. The molecule has 120 valence electrons. The molecule has 8 heteroatoms. The van der Waals surface area contributed by atoms with Crippen LogP contribution < -0.4 is 10.9 Å². The van der Waals surface area contributed by atoms with E-state index in [4.69, 9.17) is 4.42 Å². The van der Waals surface area contributed by atoms with Gasteiger partial charge in [0.2, 0.25) is 5.89 Å². The summed E-state index contributed by atoms with van der Waals surface area (Å²) in [6, 6.07) is 8.65. The molecule has 0 unspecified atom stereocenters. The van der Waals surface area contributed by atoms with Crippen molar-refractivity contribution in [3.63, 3.8) is 0 Å². The molecule has 1 aliphatic rings. The zero-order chi connectivity index (χ0) is 16.2. The molecule has 0 spiro atoms. The van der Waals surface area contributed by atoms with Crippen LogP contribution in [-0.4, -0.2) is 27.3 Å². The minimum Gasteiger partial charge on any atom is -0.416 e. The highest BCUT2D eigenvalue weighted by Crippen LogP contribution is 2.40. The molecule has 1 aliphatic carbocycles. The number of benzene rings is 1. The Kier molecular flexibility index (Phi) is 4.61. The lowest BCUT2D eigenvalue weighted by Gasteiger charge is -2.10. The van der Waals surface area contributed by atoms with Gasteiger partial charge in [0.1, 0.15) is 0 Å². The first kappa shape index (κ1) is 15.5. The molecular formula is C15H16N4O3S. The summed E-state index contributed by atoms with van der Waals surface area (Å²) in [7, 11) is 0. The summed E-state index contributed by atoms with van der Waals surface area (Å²) in [4.78, 5) is 23.8. The third-order valence-electron chi connectivity index (χ3n) is 3.33. The average molecular weight is 332 g/mol. The molecule has 1 aromatic carbocycles. The molecule has 2 N–H and O–H groups in total. The number of thioether (sulfide) groups is 1. The highest BCUT2D eigenvalue weighted by Gasteiger charge is 2.30. The second kappa shape index (κ2) is 6.82. The number of amides is 2. The largest absolute Gasteiger partial charge is 0.416 e. The van der Waals surface area contributed by atoms with Crippen LogP contribution in [0.25, 0.3) is 0 Å². The molecular weight excluding hydrogens is 316 g/mol. The fourth-order valence-corrected chi connectivity index (χ4v) is 2.54. The Bertz CT molecular complexity index is 700. The number of rotatable bonds is 5. The monoisotopic (exact) mass is 332 g/mol. The normalized spacial score (nSPS) is 15.0. The van der Waals surface area contributed by atoms with Crippen LogP contribution in [0.3, 0.4) is 0 Å². The Morgan fingerprint density at radius 3 is 2.65 bits per heavy atom. The van der Waals surface area contributed by atoms with E-state index in [0.29, 0.717) is 22.6 Å². The Morgan fingerprint density at radius 1 is 1.22 bits per heavy atom. The third kappa shape index (κ3) is 4.10. The van der Waals surface area contributed by atoms with Crippen LogP contribution in [0.2, 0.25) is 0 Å². The zero-order valence-electron chi connectivity index (χ0n) is 12.5. The highest BCUT2D eigenvalue weighted by molar-refractivity contribution is 8.00. The van der Waals surface area contributed by atoms with E-state index in [-0.39, 0.29) is 11.8 Å². The number of hydrazine groups is 1. The van der Waals surface area contributed by atoms with Gasteiger partial charge in [-0.05, 0) is 31.9 Å². The van der Waals surface area contributed by atoms with Gasteiger partial charge in [-0.25, -0.2) is 0 Å². The maximum Gasteiger partial charge on any atom is 0.277 e. The Morgan fingerprint density at radius 2 is 1.96 bits per heavy atom. The van der Waals surface area contributed by atoms with Crippen LogP contribution in [0.1, 0.15) is 41.9 Å². The molecule has 7 nitrogen and oxygen atoms in total. The number of carbonyl (C=O) groups excluding carboxylic acids is 2. The number of aromatic nitrogens is 2. The van der Waals surface area contributed by atoms with Crippen LogP contribution in [0.15, 0.2) is 40.0 Å². The van der Waals surface area contributed by atoms with Crippen molar-refractivity contribution in [1.29, 1.82) is 0 Å². The maximum atomic E-state index is 12.0. The number of hydrogen-bond donors (Lipinski definition) is 2. The molecule has 2 amide bonds. The first-order valence-corrected chi connectivity index (χ1v) is 8.17. The lowest BCUT2D eigenvalue weighted by Crippen LogP contribution is -2.44. The summed E-state index contributed by atoms with van der Waals surface area (Å²) in [5.74, 6) is 0.305. The van der Waals surface area contributed by atoms with E-state index in [2.05, 4.69) is 21.0 Å². The minimum absolute atomic E-state index is 0.342. The number of carbonyl (C=O) groups is 2. The van der Waals surface area contributed by atoms with Gasteiger partial charge in [-0.3, -0.25) is 20.4 Å². The third-order valence-corrected chi connectivity index (χ3v) is 4.26. The highest BCUT2D eigenvalue weighted by atomic mass is 32.2. The van der Waals surface area contributed by atoms with E-state index < -0.39 is 5.25 Å². The van der Waals surface area contributed by atoms with Crippen molar-refractivity contribution in [3.05, 3.63) is 41.8 Å². The Labute approximate surface area is 137 Å². The summed E-state index contributed by atoms with van der Waals surface area (Å²) >= 11 is 1.16. The van der Waals surface area contributed by atoms with Crippen molar-refractivity contribution in [2.45, 2.75) is 36.2 Å². The first-order chi connectivity index (χ1) is 11.1. The van der Waals surface area contributed by atoms with E-state index >= 15 is 0 Å². The fraction of sp³-hybridized carbons (Fsp3) is 0.333. The smallest absolute Gasteiger partial charge is 0.277 e. The Balaban J connectivity index is 1.48. The molecule has 0 radical (unpaired) electrons. The summed E-state index contributed by atoms with van der Waals surface area (Å²) < 4.78 is 5.50. The minimum atomic E-state index is -0.474. The summed E-state index contributed by atoms with van der Waals surface area (Å²) in [6.45, 7) is 1.70. The van der Waals surface area contributed by atoms with E-state index in [1.54, 1.807) is 31.2 Å². The quantitative estimate of drug-likeness (QED) is 0.641. The predicted molar refractivity (Wildman–Crippen MR) is 83.6 cm³/mol. The standard InChI is InChI=1S/C15H16N4O3S/c1-9(23-15-19-18-14(22-15)11-7-8-11)12(20)16-17-13(21)10-5-3-2-4-6-10/h2-6,9,11H,7-8H2,1H3,(H,16,20)(H,17,21)/t9-/m1/s1. The second-order valence-corrected chi connectivity index (χ2v) is 6.54. The van der Waals surface area contributed by atoms with Crippen LogP contribution in [0.4, 0.5) is 0 Å². The van der Waals surface area contributed by atoms with Gasteiger partial charge >= 0.3 is 0 Å².